The third kappa shape index (κ3) is 2.42. The molecule has 0 saturated carbocycles. The van der Waals surface area contributed by atoms with Gasteiger partial charge in [-0.2, -0.15) is 0 Å². The quantitative estimate of drug-likeness (QED) is 0.831. The molecule has 0 heterocycles. The number of rotatable bonds is 3. The molecule has 1 rings (SSSR count). The average Bonchev–Trinajstić information content (AvgIpc) is 2.09. The molecule has 1 nitrogen and oxygen atoms in total. The second kappa shape index (κ2) is 4.71. The SMILES string of the molecule is Cc1ccc(C(CN)C(F)F)c(Cl)c1. The molecule has 0 aliphatic carbocycles. The third-order valence-corrected chi connectivity index (χ3v) is 2.44. The fourth-order valence-electron chi connectivity index (χ4n) is 1.30. The summed E-state index contributed by atoms with van der Waals surface area (Å²) in [4.78, 5) is 0. The second-order valence-electron chi connectivity index (χ2n) is 3.20. The fraction of sp³-hybridized carbons (Fsp3) is 0.400. The fourth-order valence-corrected chi connectivity index (χ4v) is 1.67. The van der Waals surface area contributed by atoms with Crippen molar-refractivity contribution in [2.75, 3.05) is 6.54 Å². The van der Waals surface area contributed by atoms with E-state index in [0.717, 1.165) is 5.56 Å². The van der Waals surface area contributed by atoms with Crippen molar-refractivity contribution in [2.45, 2.75) is 19.3 Å². The van der Waals surface area contributed by atoms with Crippen molar-refractivity contribution in [2.24, 2.45) is 5.73 Å². The Morgan fingerprint density at radius 1 is 1.43 bits per heavy atom. The molecule has 0 aliphatic heterocycles. The summed E-state index contributed by atoms with van der Waals surface area (Å²) in [5.74, 6) is -0.969. The van der Waals surface area contributed by atoms with Gasteiger partial charge in [-0.1, -0.05) is 23.7 Å². The molecule has 1 aromatic carbocycles. The summed E-state index contributed by atoms with van der Waals surface area (Å²) < 4.78 is 25.1. The Morgan fingerprint density at radius 3 is 2.50 bits per heavy atom. The van der Waals surface area contributed by atoms with Gasteiger partial charge >= 0.3 is 0 Å². The van der Waals surface area contributed by atoms with Crippen LogP contribution in [0.3, 0.4) is 0 Å². The van der Waals surface area contributed by atoms with Crippen LogP contribution in [0.5, 0.6) is 0 Å². The van der Waals surface area contributed by atoms with Crippen molar-refractivity contribution in [3.63, 3.8) is 0 Å². The number of hydrogen-bond acceptors (Lipinski definition) is 1. The molecule has 0 radical (unpaired) electrons. The molecule has 0 spiro atoms. The van der Waals surface area contributed by atoms with Crippen LogP contribution in [-0.4, -0.2) is 13.0 Å². The zero-order valence-electron chi connectivity index (χ0n) is 7.81. The van der Waals surface area contributed by atoms with Crippen molar-refractivity contribution in [3.05, 3.63) is 34.3 Å². The Bertz CT molecular complexity index is 315. The standard InChI is InChI=1S/C10H12ClF2N/c1-6-2-3-7(9(11)4-6)8(5-14)10(12)13/h2-4,8,10H,5,14H2,1H3. The maximum absolute atomic E-state index is 12.5. The molecule has 1 unspecified atom stereocenters. The number of nitrogens with two attached hydrogens (primary N) is 1. The van der Waals surface area contributed by atoms with Crippen LogP contribution in [0, 0.1) is 6.92 Å². The topological polar surface area (TPSA) is 26.0 Å². The number of hydrogen-bond donors (Lipinski definition) is 1. The van der Waals surface area contributed by atoms with Gasteiger partial charge in [0.1, 0.15) is 0 Å². The van der Waals surface area contributed by atoms with E-state index in [1.807, 2.05) is 6.92 Å². The van der Waals surface area contributed by atoms with Crippen LogP contribution in [0.2, 0.25) is 5.02 Å². The lowest BCUT2D eigenvalue weighted by molar-refractivity contribution is 0.117. The van der Waals surface area contributed by atoms with Crippen molar-refractivity contribution >= 4 is 11.6 Å². The van der Waals surface area contributed by atoms with Gasteiger partial charge in [-0.05, 0) is 24.1 Å². The van der Waals surface area contributed by atoms with Crippen LogP contribution in [-0.2, 0) is 0 Å². The van der Waals surface area contributed by atoms with E-state index < -0.39 is 12.3 Å². The maximum atomic E-state index is 12.5. The normalized spacial score (nSPS) is 13.3. The van der Waals surface area contributed by atoms with Crippen LogP contribution in [0.25, 0.3) is 0 Å². The number of alkyl halides is 2. The van der Waals surface area contributed by atoms with Crippen molar-refractivity contribution < 1.29 is 8.78 Å². The van der Waals surface area contributed by atoms with Gasteiger partial charge in [0.05, 0.1) is 5.92 Å². The van der Waals surface area contributed by atoms with E-state index in [2.05, 4.69) is 0 Å². The van der Waals surface area contributed by atoms with E-state index in [1.165, 1.54) is 0 Å². The van der Waals surface area contributed by atoms with Gasteiger partial charge < -0.3 is 5.73 Å². The Kier molecular flexibility index (Phi) is 3.84. The minimum absolute atomic E-state index is 0.0968. The highest BCUT2D eigenvalue weighted by atomic mass is 35.5. The zero-order chi connectivity index (χ0) is 10.7. The third-order valence-electron chi connectivity index (χ3n) is 2.11. The molecular formula is C10H12ClF2N. The number of halogens is 3. The van der Waals surface area contributed by atoms with E-state index in [9.17, 15) is 8.78 Å². The second-order valence-corrected chi connectivity index (χ2v) is 3.61. The van der Waals surface area contributed by atoms with Crippen molar-refractivity contribution in [3.8, 4) is 0 Å². The molecule has 2 N–H and O–H groups in total. The Morgan fingerprint density at radius 2 is 2.07 bits per heavy atom. The molecule has 78 valence electrons. The lowest BCUT2D eigenvalue weighted by Crippen LogP contribution is -2.20. The number of benzene rings is 1. The molecule has 4 heteroatoms. The number of aryl methyl sites for hydroxylation is 1. The Balaban J connectivity index is 3.04. The van der Waals surface area contributed by atoms with E-state index in [-0.39, 0.29) is 6.54 Å². The first-order valence-corrected chi connectivity index (χ1v) is 4.68. The minimum Gasteiger partial charge on any atom is -0.330 e. The summed E-state index contributed by atoms with van der Waals surface area (Å²) in [5.41, 5.74) is 6.65. The highest BCUT2D eigenvalue weighted by Crippen LogP contribution is 2.29. The van der Waals surface area contributed by atoms with Gasteiger partial charge in [0.25, 0.3) is 0 Å². The maximum Gasteiger partial charge on any atom is 0.246 e. The first-order valence-electron chi connectivity index (χ1n) is 4.30. The average molecular weight is 220 g/mol. The molecule has 0 aliphatic rings. The van der Waals surface area contributed by atoms with Gasteiger partial charge in [0.2, 0.25) is 6.43 Å². The van der Waals surface area contributed by atoms with Crippen LogP contribution in [0.1, 0.15) is 17.0 Å². The lowest BCUT2D eigenvalue weighted by Gasteiger charge is -2.15. The summed E-state index contributed by atoms with van der Waals surface area (Å²) in [6, 6.07) is 5.04. The first kappa shape index (κ1) is 11.4. The van der Waals surface area contributed by atoms with E-state index in [1.54, 1.807) is 18.2 Å². The molecule has 0 fully saturated rings. The largest absolute Gasteiger partial charge is 0.330 e. The van der Waals surface area contributed by atoms with Crippen molar-refractivity contribution in [1.29, 1.82) is 0 Å². The van der Waals surface area contributed by atoms with E-state index in [0.29, 0.717) is 10.6 Å². The molecule has 0 aromatic heterocycles. The summed E-state index contributed by atoms with van der Waals surface area (Å²) in [5, 5.41) is 0.362. The van der Waals surface area contributed by atoms with Gasteiger partial charge in [-0.15, -0.1) is 0 Å². The van der Waals surface area contributed by atoms with Gasteiger partial charge in [-0.25, -0.2) is 8.78 Å². The van der Waals surface area contributed by atoms with Gasteiger partial charge in [0.15, 0.2) is 0 Å². The highest BCUT2D eigenvalue weighted by Gasteiger charge is 2.22. The lowest BCUT2D eigenvalue weighted by atomic mass is 9.98. The van der Waals surface area contributed by atoms with Gasteiger partial charge in [0, 0.05) is 11.6 Å². The monoisotopic (exact) mass is 219 g/mol. The van der Waals surface area contributed by atoms with Crippen LogP contribution >= 0.6 is 11.6 Å². The smallest absolute Gasteiger partial charge is 0.246 e. The summed E-state index contributed by atoms with van der Waals surface area (Å²) >= 11 is 5.86. The molecular weight excluding hydrogens is 208 g/mol. The zero-order valence-corrected chi connectivity index (χ0v) is 8.56. The summed E-state index contributed by atoms with van der Waals surface area (Å²) in [6.07, 6.45) is -2.47. The summed E-state index contributed by atoms with van der Waals surface area (Å²) in [7, 11) is 0. The molecule has 0 amide bonds. The van der Waals surface area contributed by atoms with Crippen LogP contribution in [0.15, 0.2) is 18.2 Å². The van der Waals surface area contributed by atoms with Crippen LogP contribution < -0.4 is 5.73 Å². The minimum atomic E-state index is -2.47. The van der Waals surface area contributed by atoms with Crippen LogP contribution in [0.4, 0.5) is 8.78 Å². The molecule has 0 bridgehead atoms. The Hall–Kier alpha value is -0.670. The Labute approximate surface area is 86.9 Å². The first-order chi connectivity index (χ1) is 6.56. The summed E-state index contributed by atoms with van der Waals surface area (Å²) in [6.45, 7) is 1.76. The van der Waals surface area contributed by atoms with E-state index >= 15 is 0 Å². The van der Waals surface area contributed by atoms with Crippen molar-refractivity contribution in [1.82, 2.24) is 0 Å². The predicted molar refractivity (Wildman–Crippen MR) is 54.0 cm³/mol. The predicted octanol–water partition coefficient (Wildman–Crippen LogP) is 2.96. The van der Waals surface area contributed by atoms with Gasteiger partial charge in [-0.3, -0.25) is 0 Å². The molecule has 1 aromatic rings. The molecule has 0 saturated heterocycles. The van der Waals surface area contributed by atoms with E-state index in [4.69, 9.17) is 17.3 Å². The molecule has 1 atom stereocenters. The highest BCUT2D eigenvalue weighted by molar-refractivity contribution is 6.31. The molecule has 14 heavy (non-hydrogen) atoms.